The zero-order valence-corrected chi connectivity index (χ0v) is 12.6. The molecule has 1 saturated carbocycles. The van der Waals surface area contributed by atoms with Crippen LogP contribution < -0.4 is 10.2 Å². The maximum absolute atomic E-state index is 5.66. The Bertz CT molecular complexity index is 424. The predicted octanol–water partition coefficient (Wildman–Crippen LogP) is 1.53. The van der Waals surface area contributed by atoms with Crippen molar-refractivity contribution in [3.63, 3.8) is 0 Å². The minimum Gasteiger partial charge on any atom is -0.379 e. The summed E-state index contributed by atoms with van der Waals surface area (Å²) >= 11 is 0. The number of methoxy groups -OCH3 is 1. The van der Waals surface area contributed by atoms with Gasteiger partial charge >= 0.3 is 0 Å². The topological polar surface area (TPSA) is 59.5 Å². The van der Waals surface area contributed by atoms with Gasteiger partial charge in [0.25, 0.3) is 0 Å². The Kier molecular flexibility index (Phi) is 5.55. The summed E-state index contributed by atoms with van der Waals surface area (Å²) in [7, 11) is 5.50. The fraction of sp³-hybridized carbons (Fsp3) is 0.714. The number of nitrogens with one attached hydrogen (secondary N) is 1. The molecule has 0 unspecified atom stereocenters. The Labute approximate surface area is 120 Å². The molecule has 1 heterocycles. The fourth-order valence-corrected chi connectivity index (χ4v) is 1.85. The van der Waals surface area contributed by atoms with Crippen molar-refractivity contribution in [2.24, 2.45) is 5.92 Å². The summed E-state index contributed by atoms with van der Waals surface area (Å²) in [5, 5.41) is 3.05. The average molecular weight is 280 g/mol. The van der Waals surface area contributed by atoms with Crippen LogP contribution >= 0.6 is 0 Å². The van der Waals surface area contributed by atoms with E-state index in [1.807, 2.05) is 20.2 Å². The third-order valence-electron chi connectivity index (χ3n) is 3.30. The van der Waals surface area contributed by atoms with Crippen molar-refractivity contribution in [1.82, 2.24) is 9.97 Å². The minimum atomic E-state index is 0.411. The number of hydrogen-bond donors (Lipinski definition) is 1. The first-order valence-electron chi connectivity index (χ1n) is 7.06. The van der Waals surface area contributed by atoms with E-state index in [2.05, 4.69) is 20.2 Å². The lowest BCUT2D eigenvalue weighted by molar-refractivity contribution is 0.130. The Morgan fingerprint density at radius 2 is 2.20 bits per heavy atom. The van der Waals surface area contributed by atoms with Crippen molar-refractivity contribution in [3.05, 3.63) is 11.9 Å². The number of likely N-dealkylation sites (N-methyl/N-ethyl adjacent to an activating group) is 1. The van der Waals surface area contributed by atoms with Gasteiger partial charge in [-0.05, 0) is 18.8 Å². The van der Waals surface area contributed by atoms with Gasteiger partial charge in [-0.2, -0.15) is 0 Å². The molecule has 0 spiro atoms. The van der Waals surface area contributed by atoms with Crippen LogP contribution in [0.15, 0.2) is 6.07 Å². The summed E-state index contributed by atoms with van der Waals surface area (Å²) in [6, 6.07) is 1.93. The predicted molar refractivity (Wildman–Crippen MR) is 79.1 cm³/mol. The number of aromatic nitrogens is 2. The van der Waals surface area contributed by atoms with Crippen molar-refractivity contribution in [2.45, 2.75) is 19.4 Å². The van der Waals surface area contributed by atoms with E-state index in [0.29, 0.717) is 12.4 Å². The Morgan fingerprint density at radius 1 is 1.40 bits per heavy atom. The second kappa shape index (κ2) is 7.40. The highest BCUT2D eigenvalue weighted by molar-refractivity contribution is 5.48. The zero-order valence-electron chi connectivity index (χ0n) is 12.6. The third-order valence-corrected chi connectivity index (χ3v) is 3.30. The molecule has 20 heavy (non-hydrogen) atoms. The molecule has 0 aliphatic heterocycles. The van der Waals surface area contributed by atoms with Crippen molar-refractivity contribution >= 4 is 11.6 Å². The Morgan fingerprint density at radius 3 is 2.85 bits per heavy atom. The standard InChI is InChI=1S/C14H24N4O2/c1-15-12-8-14(17-13(16-12)10-19-3)18(2)6-7-20-9-11-4-5-11/h8,11H,4-7,9-10H2,1-3H3,(H,15,16,17). The second-order valence-electron chi connectivity index (χ2n) is 5.15. The van der Waals surface area contributed by atoms with Crippen LogP contribution in [-0.2, 0) is 16.1 Å². The molecule has 112 valence electrons. The van der Waals surface area contributed by atoms with Gasteiger partial charge in [-0.25, -0.2) is 9.97 Å². The number of nitrogens with zero attached hydrogens (tertiary/aromatic N) is 3. The van der Waals surface area contributed by atoms with Gasteiger partial charge in [-0.15, -0.1) is 0 Å². The van der Waals surface area contributed by atoms with E-state index < -0.39 is 0 Å². The monoisotopic (exact) mass is 280 g/mol. The van der Waals surface area contributed by atoms with Gasteiger partial charge in [0.2, 0.25) is 0 Å². The van der Waals surface area contributed by atoms with E-state index in [-0.39, 0.29) is 0 Å². The Balaban J connectivity index is 1.88. The van der Waals surface area contributed by atoms with Gasteiger partial charge in [0.05, 0.1) is 6.61 Å². The lowest BCUT2D eigenvalue weighted by Crippen LogP contribution is -2.24. The Hall–Kier alpha value is -1.40. The summed E-state index contributed by atoms with van der Waals surface area (Å²) < 4.78 is 10.8. The molecule has 0 atom stereocenters. The zero-order chi connectivity index (χ0) is 14.4. The first kappa shape index (κ1) is 15.0. The molecular formula is C14H24N4O2. The lowest BCUT2D eigenvalue weighted by atomic mass is 10.4. The normalized spacial score (nSPS) is 14.3. The van der Waals surface area contributed by atoms with Crippen LogP contribution in [0.3, 0.4) is 0 Å². The smallest absolute Gasteiger partial charge is 0.158 e. The average Bonchev–Trinajstić information content (AvgIpc) is 3.27. The van der Waals surface area contributed by atoms with Crippen LogP contribution in [0.1, 0.15) is 18.7 Å². The van der Waals surface area contributed by atoms with E-state index in [1.165, 1.54) is 12.8 Å². The summed E-state index contributed by atoms with van der Waals surface area (Å²) in [4.78, 5) is 10.9. The molecule has 0 bridgehead atoms. The summed E-state index contributed by atoms with van der Waals surface area (Å²) in [6.07, 6.45) is 2.65. The molecule has 6 nitrogen and oxygen atoms in total. The molecule has 1 aromatic rings. The minimum absolute atomic E-state index is 0.411. The van der Waals surface area contributed by atoms with Gasteiger partial charge < -0.3 is 19.7 Å². The first-order valence-corrected chi connectivity index (χ1v) is 7.06. The van der Waals surface area contributed by atoms with Gasteiger partial charge in [-0.3, -0.25) is 0 Å². The van der Waals surface area contributed by atoms with E-state index in [4.69, 9.17) is 9.47 Å². The van der Waals surface area contributed by atoms with Crippen molar-refractivity contribution < 1.29 is 9.47 Å². The van der Waals surface area contributed by atoms with Gasteiger partial charge in [-0.1, -0.05) is 0 Å². The maximum atomic E-state index is 5.66. The molecule has 1 aliphatic carbocycles. The molecule has 1 N–H and O–H groups in total. The van der Waals surface area contributed by atoms with Gasteiger partial charge in [0.1, 0.15) is 18.2 Å². The molecule has 2 rings (SSSR count). The highest BCUT2D eigenvalue weighted by Crippen LogP contribution is 2.28. The SMILES string of the molecule is CNc1cc(N(C)CCOCC2CC2)nc(COC)n1. The van der Waals surface area contributed by atoms with Crippen molar-refractivity contribution in [3.8, 4) is 0 Å². The van der Waals surface area contributed by atoms with E-state index in [9.17, 15) is 0 Å². The maximum Gasteiger partial charge on any atom is 0.158 e. The molecule has 0 aromatic carbocycles. The summed E-state index contributed by atoms with van der Waals surface area (Å²) in [5.74, 6) is 3.17. The van der Waals surface area contributed by atoms with Crippen LogP contribution in [0.2, 0.25) is 0 Å². The highest BCUT2D eigenvalue weighted by atomic mass is 16.5. The molecule has 0 saturated heterocycles. The van der Waals surface area contributed by atoms with Gasteiger partial charge in [0.15, 0.2) is 5.82 Å². The van der Waals surface area contributed by atoms with Crippen molar-refractivity contribution in [2.75, 3.05) is 51.2 Å². The molecule has 0 radical (unpaired) electrons. The van der Waals surface area contributed by atoms with Crippen LogP contribution in [0.4, 0.5) is 11.6 Å². The molecular weight excluding hydrogens is 256 g/mol. The molecule has 6 heteroatoms. The largest absolute Gasteiger partial charge is 0.379 e. The van der Waals surface area contributed by atoms with Crippen LogP contribution in [0.5, 0.6) is 0 Å². The number of ether oxygens (including phenoxy) is 2. The lowest BCUT2D eigenvalue weighted by Gasteiger charge is -2.19. The highest BCUT2D eigenvalue weighted by Gasteiger charge is 2.21. The van der Waals surface area contributed by atoms with Gasteiger partial charge in [0, 0.05) is 40.4 Å². The van der Waals surface area contributed by atoms with Crippen LogP contribution in [0, 0.1) is 5.92 Å². The number of anilines is 2. The summed E-state index contributed by atoms with van der Waals surface area (Å²) in [5.41, 5.74) is 0. The van der Waals surface area contributed by atoms with E-state index >= 15 is 0 Å². The molecule has 1 aromatic heterocycles. The number of rotatable bonds is 9. The fourth-order valence-electron chi connectivity index (χ4n) is 1.85. The van der Waals surface area contributed by atoms with E-state index in [0.717, 1.165) is 37.3 Å². The molecule has 0 amide bonds. The number of hydrogen-bond acceptors (Lipinski definition) is 6. The molecule has 1 fully saturated rings. The molecule has 1 aliphatic rings. The quantitative estimate of drug-likeness (QED) is 0.692. The van der Waals surface area contributed by atoms with E-state index in [1.54, 1.807) is 7.11 Å². The van der Waals surface area contributed by atoms with Crippen molar-refractivity contribution in [1.29, 1.82) is 0 Å². The first-order chi connectivity index (χ1) is 9.72. The van der Waals surface area contributed by atoms with Crippen LogP contribution in [-0.4, -0.2) is 50.9 Å². The summed E-state index contributed by atoms with van der Waals surface area (Å²) in [6.45, 7) is 2.85. The van der Waals surface area contributed by atoms with Crippen LogP contribution in [0.25, 0.3) is 0 Å². The third kappa shape index (κ3) is 4.61. The second-order valence-corrected chi connectivity index (χ2v) is 5.15.